The Kier molecular flexibility index (Phi) is 4.52. The molecule has 0 spiro atoms. The van der Waals surface area contributed by atoms with Gasteiger partial charge >= 0.3 is 0 Å². The maximum atomic E-state index is 13.5. The van der Waals surface area contributed by atoms with Gasteiger partial charge in [0.1, 0.15) is 11.6 Å². The molecule has 0 saturated carbocycles. The van der Waals surface area contributed by atoms with Crippen molar-refractivity contribution in [2.24, 2.45) is 7.05 Å². The van der Waals surface area contributed by atoms with E-state index in [0.29, 0.717) is 0 Å². The first-order valence-electron chi connectivity index (χ1n) is 6.39. The number of thiocarbonyl (C=S) groups is 1. The van der Waals surface area contributed by atoms with Crippen molar-refractivity contribution in [2.45, 2.75) is 19.9 Å². The molecule has 0 bridgehead atoms. The maximum absolute atomic E-state index is 13.5. The smallest absolute Gasteiger partial charge is 0.171 e. The molecular weight excluding hydrogens is 294 g/mol. The summed E-state index contributed by atoms with van der Waals surface area (Å²) in [5.74, 6) is -1.32. The van der Waals surface area contributed by atoms with Crippen molar-refractivity contribution in [1.29, 1.82) is 0 Å². The molecule has 0 saturated heterocycles. The number of rotatable bonds is 3. The third-order valence-corrected chi connectivity index (χ3v) is 3.49. The highest BCUT2D eigenvalue weighted by Crippen LogP contribution is 2.18. The van der Waals surface area contributed by atoms with Crippen molar-refractivity contribution < 1.29 is 8.78 Å². The van der Waals surface area contributed by atoms with Crippen LogP contribution in [0.3, 0.4) is 0 Å². The van der Waals surface area contributed by atoms with Crippen LogP contribution >= 0.6 is 12.2 Å². The van der Waals surface area contributed by atoms with E-state index in [9.17, 15) is 8.78 Å². The molecule has 0 fully saturated rings. The first-order valence-corrected chi connectivity index (χ1v) is 6.80. The largest absolute Gasteiger partial charge is 0.356 e. The van der Waals surface area contributed by atoms with E-state index < -0.39 is 11.6 Å². The molecule has 0 aliphatic carbocycles. The predicted octanol–water partition coefficient (Wildman–Crippen LogP) is 3.05. The van der Waals surface area contributed by atoms with Gasteiger partial charge in [-0.3, -0.25) is 4.68 Å². The molecule has 1 unspecified atom stereocenters. The second kappa shape index (κ2) is 6.17. The van der Waals surface area contributed by atoms with Crippen LogP contribution in [0.2, 0.25) is 0 Å². The van der Waals surface area contributed by atoms with Gasteiger partial charge in [0.15, 0.2) is 5.11 Å². The van der Waals surface area contributed by atoms with Gasteiger partial charge < -0.3 is 10.6 Å². The lowest BCUT2D eigenvalue weighted by atomic mass is 10.1. The molecule has 1 aromatic heterocycles. The van der Waals surface area contributed by atoms with Gasteiger partial charge in [-0.05, 0) is 38.2 Å². The van der Waals surface area contributed by atoms with E-state index in [4.69, 9.17) is 12.2 Å². The molecule has 2 rings (SSSR count). The lowest BCUT2D eigenvalue weighted by molar-refractivity contribution is 0.586. The number of halogens is 2. The second-order valence-electron chi connectivity index (χ2n) is 4.75. The minimum absolute atomic E-state index is 0.0813. The Morgan fingerprint density at radius 3 is 2.67 bits per heavy atom. The summed E-state index contributed by atoms with van der Waals surface area (Å²) in [6.45, 7) is 3.88. The summed E-state index contributed by atoms with van der Waals surface area (Å²) in [5.41, 5.74) is 2.15. The molecule has 4 nitrogen and oxygen atoms in total. The number of hydrogen-bond acceptors (Lipinski definition) is 2. The zero-order chi connectivity index (χ0) is 15.6. The lowest BCUT2D eigenvalue weighted by Gasteiger charge is -2.17. The second-order valence-corrected chi connectivity index (χ2v) is 5.16. The number of benzene rings is 1. The van der Waals surface area contributed by atoms with E-state index in [0.717, 1.165) is 17.3 Å². The molecule has 112 valence electrons. The first-order chi connectivity index (χ1) is 9.88. The monoisotopic (exact) mass is 310 g/mol. The number of hydrogen-bond donors (Lipinski definition) is 2. The molecule has 0 aliphatic heterocycles. The van der Waals surface area contributed by atoms with Crippen molar-refractivity contribution in [3.8, 4) is 0 Å². The fourth-order valence-electron chi connectivity index (χ4n) is 1.96. The van der Waals surface area contributed by atoms with Crippen LogP contribution in [0, 0.1) is 18.6 Å². The van der Waals surface area contributed by atoms with Crippen LogP contribution in [-0.2, 0) is 7.05 Å². The van der Waals surface area contributed by atoms with Crippen molar-refractivity contribution in [2.75, 3.05) is 5.32 Å². The summed E-state index contributed by atoms with van der Waals surface area (Å²) in [6, 6.07) is 3.20. The average molecular weight is 310 g/mol. The Bertz CT molecular complexity index is 669. The summed E-state index contributed by atoms with van der Waals surface area (Å²) in [4.78, 5) is 0. The molecule has 2 aromatic rings. The maximum Gasteiger partial charge on any atom is 0.171 e. The van der Waals surface area contributed by atoms with Crippen molar-refractivity contribution in [1.82, 2.24) is 15.1 Å². The molecule has 1 atom stereocenters. The van der Waals surface area contributed by atoms with E-state index in [-0.39, 0.29) is 16.8 Å². The Morgan fingerprint density at radius 2 is 2.10 bits per heavy atom. The van der Waals surface area contributed by atoms with Crippen LogP contribution in [-0.4, -0.2) is 14.9 Å². The summed E-state index contributed by atoms with van der Waals surface area (Å²) in [7, 11) is 1.86. The predicted molar refractivity (Wildman–Crippen MR) is 82.1 cm³/mol. The molecule has 7 heteroatoms. The number of anilines is 1. The Labute approximate surface area is 127 Å². The molecule has 0 radical (unpaired) electrons. The molecule has 0 aliphatic rings. The van der Waals surface area contributed by atoms with Gasteiger partial charge in [-0.1, -0.05) is 0 Å². The first kappa shape index (κ1) is 15.4. The lowest BCUT2D eigenvalue weighted by Crippen LogP contribution is -2.31. The quantitative estimate of drug-likeness (QED) is 0.855. The summed E-state index contributed by atoms with van der Waals surface area (Å²) >= 11 is 5.14. The molecule has 21 heavy (non-hydrogen) atoms. The highest BCUT2D eigenvalue weighted by Gasteiger charge is 2.13. The molecule has 1 aromatic carbocycles. The van der Waals surface area contributed by atoms with Crippen molar-refractivity contribution in [3.63, 3.8) is 0 Å². The third kappa shape index (κ3) is 3.55. The summed E-state index contributed by atoms with van der Waals surface area (Å²) in [6.07, 6.45) is 1.76. The van der Waals surface area contributed by atoms with Gasteiger partial charge in [0.2, 0.25) is 0 Å². The highest BCUT2D eigenvalue weighted by atomic mass is 32.1. The molecular formula is C14H16F2N4S. The third-order valence-electron chi connectivity index (χ3n) is 3.27. The van der Waals surface area contributed by atoms with E-state index in [1.54, 1.807) is 10.9 Å². The van der Waals surface area contributed by atoms with Crippen LogP contribution < -0.4 is 10.6 Å². The normalized spacial score (nSPS) is 12.0. The standard InChI is InChI=1S/C14H16F2N4S/c1-8(11-7-17-20(3)9(11)2)18-14(21)19-13-5-4-10(15)6-12(13)16/h4-8H,1-3H3,(H2,18,19,21). The number of nitrogens with zero attached hydrogens (tertiary/aromatic N) is 2. The summed E-state index contributed by atoms with van der Waals surface area (Å²) in [5, 5.41) is 10.2. The van der Waals surface area contributed by atoms with E-state index in [1.165, 1.54) is 12.1 Å². The Hall–Kier alpha value is -2.02. The number of aryl methyl sites for hydroxylation is 1. The van der Waals surface area contributed by atoms with Gasteiger partial charge in [-0.15, -0.1) is 0 Å². The van der Waals surface area contributed by atoms with E-state index >= 15 is 0 Å². The SMILES string of the molecule is Cc1c(C(C)NC(=S)Nc2ccc(F)cc2F)cnn1C. The van der Waals surface area contributed by atoms with Gasteiger partial charge in [-0.2, -0.15) is 5.10 Å². The Morgan fingerprint density at radius 1 is 1.38 bits per heavy atom. The fourth-order valence-corrected chi connectivity index (χ4v) is 2.25. The Balaban J connectivity index is 2.03. The van der Waals surface area contributed by atoms with Gasteiger partial charge in [0.25, 0.3) is 0 Å². The topological polar surface area (TPSA) is 41.9 Å². The van der Waals surface area contributed by atoms with Crippen LogP contribution in [0.5, 0.6) is 0 Å². The molecule has 1 heterocycles. The van der Waals surface area contributed by atoms with Crippen molar-refractivity contribution in [3.05, 3.63) is 47.3 Å². The number of nitrogens with one attached hydrogen (secondary N) is 2. The van der Waals surface area contributed by atoms with Crippen LogP contribution in [0.1, 0.15) is 24.2 Å². The van der Waals surface area contributed by atoms with Crippen LogP contribution in [0.4, 0.5) is 14.5 Å². The molecule has 0 amide bonds. The zero-order valence-corrected chi connectivity index (χ0v) is 12.8. The summed E-state index contributed by atoms with van der Waals surface area (Å²) < 4.78 is 28.1. The number of aromatic nitrogens is 2. The fraction of sp³-hybridized carbons (Fsp3) is 0.286. The van der Waals surface area contributed by atoms with Gasteiger partial charge in [0.05, 0.1) is 17.9 Å². The average Bonchev–Trinajstić information content (AvgIpc) is 2.73. The zero-order valence-electron chi connectivity index (χ0n) is 11.9. The van der Waals surface area contributed by atoms with Gasteiger partial charge in [0, 0.05) is 24.4 Å². The van der Waals surface area contributed by atoms with Crippen LogP contribution in [0.25, 0.3) is 0 Å². The molecule has 2 N–H and O–H groups in total. The van der Waals surface area contributed by atoms with E-state index in [1.807, 2.05) is 20.9 Å². The van der Waals surface area contributed by atoms with E-state index in [2.05, 4.69) is 15.7 Å². The minimum Gasteiger partial charge on any atom is -0.356 e. The van der Waals surface area contributed by atoms with Crippen LogP contribution in [0.15, 0.2) is 24.4 Å². The van der Waals surface area contributed by atoms with Crippen molar-refractivity contribution >= 4 is 23.0 Å². The highest BCUT2D eigenvalue weighted by molar-refractivity contribution is 7.80. The minimum atomic E-state index is -0.690. The van der Waals surface area contributed by atoms with Gasteiger partial charge in [-0.25, -0.2) is 8.78 Å².